The van der Waals surface area contributed by atoms with Crippen molar-refractivity contribution in [1.29, 1.82) is 0 Å². The Morgan fingerprint density at radius 1 is 0.809 bits per heavy atom. The lowest BCUT2D eigenvalue weighted by molar-refractivity contribution is -0.161. The van der Waals surface area contributed by atoms with Crippen molar-refractivity contribution < 1.29 is 52.8 Å². The highest BCUT2D eigenvalue weighted by atomic mass is 79.9. The van der Waals surface area contributed by atoms with Gasteiger partial charge in [-0.3, -0.25) is 19.2 Å². The number of hydrogen-bond acceptors (Lipinski definition) is 12. The van der Waals surface area contributed by atoms with Crippen molar-refractivity contribution in [2.75, 3.05) is 13.2 Å². The molecular formula is C30H46Br2N4O11. The Bertz CT molecular complexity index is 1240. The number of esters is 1. The van der Waals surface area contributed by atoms with E-state index in [1.165, 1.54) is 12.8 Å². The molecule has 0 aromatic rings. The number of hydrogen-bond donors (Lipinski definition) is 3. The molecule has 266 valence electrons. The van der Waals surface area contributed by atoms with Crippen molar-refractivity contribution in [2.45, 2.75) is 112 Å². The van der Waals surface area contributed by atoms with Crippen LogP contribution in [0.3, 0.4) is 0 Å². The molecular weight excluding hydrogens is 752 g/mol. The minimum atomic E-state index is -1.05. The van der Waals surface area contributed by atoms with Crippen LogP contribution in [0.1, 0.15) is 67.2 Å². The topological polar surface area (TPSA) is 227 Å². The lowest BCUT2D eigenvalue weighted by Crippen LogP contribution is -2.70. The van der Waals surface area contributed by atoms with Gasteiger partial charge in [0.25, 0.3) is 0 Å². The Morgan fingerprint density at radius 2 is 1.28 bits per heavy atom. The van der Waals surface area contributed by atoms with E-state index in [0.29, 0.717) is 6.42 Å². The number of ether oxygens (including phenoxy) is 4. The molecule has 6 N–H and O–H groups in total. The summed E-state index contributed by atoms with van der Waals surface area (Å²) in [7, 11) is 0. The van der Waals surface area contributed by atoms with Gasteiger partial charge in [-0.25, -0.2) is 19.4 Å². The van der Waals surface area contributed by atoms with E-state index in [1.807, 2.05) is 0 Å². The second-order valence-corrected chi connectivity index (χ2v) is 16.4. The van der Waals surface area contributed by atoms with E-state index in [4.69, 9.17) is 24.7 Å². The average Bonchev–Trinajstić information content (AvgIpc) is 3.58. The van der Waals surface area contributed by atoms with Gasteiger partial charge in [0, 0.05) is 13.2 Å². The van der Waals surface area contributed by atoms with E-state index in [2.05, 4.69) is 31.9 Å². The van der Waals surface area contributed by atoms with E-state index in [0.717, 1.165) is 23.0 Å². The lowest BCUT2D eigenvalue weighted by Gasteiger charge is -2.51. The predicted molar refractivity (Wildman–Crippen MR) is 173 cm³/mol. The smallest absolute Gasteiger partial charge is 0.417 e. The number of carbonyl (C=O) groups is 6. The zero-order valence-corrected chi connectivity index (χ0v) is 30.7. The molecule has 0 aromatic carbocycles. The molecule has 8 fully saturated rings. The summed E-state index contributed by atoms with van der Waals surface area (Å²) in [4.78, 5) is 73.9. The summed E-state index contributed by atoms with van der Waals surface area (Å²) in [5.41, 5.74) is 3.87. The van der Waals surface area contributed by atoms with Crippen LogP contribution in [0.15, 0.2) is 0 Å². The van der Waals surface area contributed by atoms with Crippen LogP contribution in [0, 0.1) is 23.7 Å². The second kappa shape index (κ2) is 14.6. The van der Waals surface area contributed by atoms with E-state index < -0.39 is 88.0 Å². The highest BCUT2D eigenvalue weighted by Gasteiger charge is 2.66. The zero-order chi connectivity index (χ0) is 34.5. The fourth-order valence-electron chi connectivity index (χ4n) is 6.61. The molecule has 2 saturated carbocycles. The van der Waals surface area contributed by atoms with Crippen molar-refractivity contribution in [3.8, 4) is 0 Å². The van der Waals surface area contributed by atoms with Gasteiger partial charge in [0.15, 0.2) is 0 Å². The molecule has 6 bridgehead atoms. The van der Waals surface area contributed by atoms with Gasteiger partial charge in [-0.15, -0.1) is 0 Å². The maximum Gasteiger partial charge on any atom is 0.417 e. The Balaban J connectivity index is 0.000000218. The number of piperidine rings is 4. The molecule has 10 atom stereocenters. The lowest BCUT2D eigenvalue weighted by atomic mass is 9.70. The Morgan fingerprint density at radius 3 is 1.70 bits per heavy atom. The van der Waals surface area contributed by atoms with Crippen molar-refractivity contribution in [3.63, 3.8) is 0 Å². The number of halogens is 2. The van der Waals surface area contributed by atoms with Crippen LogP contribution in [-0.2, 0) is 38.1 Å². The number of aliphatic hydroxyl groups excluding tert-OH is 1. The standard InChI is InChI=1S/C13H19BrN2O5.C13H16BrNO5.C4H8O.H3N/c1-13(2,3)21-12(20)16-8-6(10(15)18)4-5(11(16)19)7(14)9(8)17;1-13(2,3)20-12(18)15-8-6-4-5(10(15)16)7(14)9(8)19-11(6)17;1-2-4-5-3-1;/h5-9,17H,4H2,1-3H3,(H2,15,18);5-9H,4H2,1-3H3;1-4H2;1H3. The van der Waals surface area contributed by atoms with E-state index in [1.54, 1.807) is 41.5 Å². The molecule has 10 unspecified atom stereocenters. The molecule has 0 spiro atoms. The summed E-state index contributed by atoms with van der Waals surface area (Å²) in [5.74, 6) is -3.94. The molecule has 15 nitrogen and oxygen atoms in total. The van der Waals surface area contributed by atoms with Gasteiger partial charge in [0.1, 0.15) is 17.3 Å². The van der Waals surface area contributed by atoms with Gasteiger partial charge < -0.3 is 35.9 Å². The summed E-state index contributed by atoms with van der Waals surface area (Å²) in [5, 5.41) is 10.3. The monoisotopic (exact) mass is 796 g/mol. The maximum absolute atomic E-state index is 12.4. The van der Waals surface area contributed by atoms with E-state index >= 15 is 0 Å². The van der Waals surface area contributed by atoms with E-state index in [-0.39, 0.29) is 29.3 Å². The fourth-order valence-corrected chi connectivity index (χ4v) is 8.23. The molecule has 17 heteroatoms. The Hall–Kier alpha value is -2.34. The third-order valence-corrected chi connectivity index (χ3v) is 10.9. The van der Waals surface area contributed by atoms with Crippen LogP contribution in [0.25, 0.3) is 0 Å². The number of amides is 5. The number of rotatable bonds is 1. The SMILES string of the molecule is C1CCOC1.CC(C)(C)OC(=O)N1C(=O)C2CC(C(N)=O)C1C(O)C2Br.CC(C)(C)OC(=O)N1C(=O)C2CC3C(=O)OC(C2Br)C31.N. The number of nitrogens with two attached hydrogens (primary N) is 1. The van der Waals surface area contributed by atoms with Crippen molar-refractivity contribution >= 4 is 67.7 Å². The summed E-state index contributed by atoms with van der Waals surface area (Å²) in [6, 6.07) is -1.53. The molecule has 8 aliphatic rings. The van der Waals surface area contributed by atoms with Gasteiger partial charge in [-0.1, -0.05) is 31.9 Å². The Labute approximate surface area is 290 Å². The molecule has 5 amide bonds. The van der Waals surface area contributed by atoms with E-state index in [9.17, 15) is 33.9 Å². The molecule has 6 aliphatic heterocycles. The highest BCUT2D eigenvalue weighted by Crippen LogP contribution is 2.49. The van der Waals surface area contributed by atoms with Crippen molar-refractivity contribution in [2.24, 2.45) is 29.4 Å². The molecule has 0 aromatic heterocycles. The van der Waals surface area contributed by atoms with Crippen LogP contribution in [-0.4, -0.2) is 109 Å². The number of primary amides is 1. The quantitative estimate of drug-likeness (QED) is 0.198. The number of imide groups is 2. The first kappa shape index (κ1) is 39.1. The molecule has 8 rings (SSSR count). The highest BCUT2D eigenvalue weighted by molar-refractivity contribution is 9.09. The number of nitrogens with zero attached hydrogens (tertiary/aromatic N) is 2. The van der Waals surface area contributed by atoms with Gasteiger partial charge >= 0.3 is 18.2 Å². The maximum atomic E-state index is 12.4. The minimum absolute atomic E-state index is 0. The number of alkyl halides is 2. The number of fused-ring (bicyclic) bond motifs is 4. The third-order valence-electron chi connectivity index (χ3n) is 8.57. The summed E-state index contributed by atoms with van der Waals surface area (Å²) in [6.45, 7) is 12.2. The number of carbonyl (C=O) groups excluding carboxylic acids is 6. The molecule has 6 heterocycles. The first-order chi connectivity index (χ1) is 21.2. The summed E-state index contributed by atoms with van der Waals surface area (Å²) in [6.07, 6.45) is 0.166. The Kier molecular flexibility index (Phi) is 12.2. The normalized spacial score (nSPS) is 35.1. The van der Waals surface area contributed by atoms with Crippen LogP contribution in [0.5, 0.6) is 0 Å². The first-order valence-corrected chi connectivity index (χ1v) is 17.2. The molecule has 47 heavy (non-hydrogen) atoms. The van der Waals surface area contributed by atoms with Crippen molar-refractivity contribution in [1.82, 2.24) is 16.0 Å². The van der Waals surface area contributed by atoms with Gasteiger partial charge in [0.2, 0.25) is 17.7 Å². The molecule has 6 saturated heterocycles. The second-order valence-electron chi connectivity index (χ2n) is 14.3. The summed E-state index contributed by atoms with van der Waals surface area (Å²) >= 11 is 6.69. The zero-order valence-electron chi connectivity index (χ0n) is 27.5. The van der Waals surface area contributed by atoms with Crippen LogP contribution in [0.2, 0.25) is 0 Å². The van der Waals surface area contributed by atoms with Crippen LogP contribution < -0.4 is 11.9 Å². The largest absolute Gasteiger partial charge is 0.459 e. The van der Waals surface area contributed by atoms with Gasteiger partial charge in [-0.2, -0.15) is 0 Å². The fraction of sp³-hybridized carbons (Fsp3) is 0.800. The molecule has 0 radical (unpaired) electrons. The molecule has 2 aliphatic carbocycles. The average molecular weight is 799 g/mol. The predicted octanol–water partition coefficient (Wildman–Crippen LogP) is 2.79. The van der Waals surface area contributed by atoms with Crippen molar-refractivity contribution in [3.05, 3.63) is 0 Å². The van der Waals surface area contributed by atoms with Gasteiger partial charge in [-0.05, 0) is 67.2 Å². The van der Waals surface area contributed by atoms with Crippen LogP contribution in [0.4, 0.5) is 9.59 Å². The van der Waals surface area contributed by atoms with Gasteiger partial charge in [0.05, 0.1) is 51.5 Å². The number of aliphatic hydroxyl groups is 1. The minimum Gasteiger partial charge on any atom is -0.459 e. The summed E-state index contributed by atoms with van der Waals surface area (Å²) < 4.78 is 20.7. The third kappa shape index (κ3) is 8.11. The first-order valence-electron chi connectivity index (χ1n) is 15.4. The van der Waals surface area contributed by atoms with Crippen LogP contribution >= 0.6 is 31.9 Å².